The molecule has 156 valence electrons. The molecule has 33 heavy (non-hydrogen) atoms. The zero-order valence-corrected chi connectivity index (χ0v) is 18.4. The molecule has 0 N–H and O–H groups in total. The summed E-state index contributed by atoms with van der Waals surface area (Å²) < 4.78 is 8.42. The number of para-hydroxylation sites is 2. The maximum Gasteiger partial charge on any atom is 0.136 e. The Kier molecular flexibility index (Phi) is 3.93. The number of halogens is 1. The van der Waals surface area contributed by atoms with Crippen LogP contribution in [0.15, 0.2) is 114 Å². The van der Waals surface area contributed by atoms with Crippen LogP contribution in [-0.2, 0) is 0 Å². The highest BCUT2D eigenvalue weighted by Crippen LogP contribution is 2.38. The van der Waals surface area contributed by atoms with Gasteiger partial charge < -0.3 is 8.98 Å². The summed E-state index contributed by atoms with van der Waals surface area (Å²) in [4.78, 5) is 0. The second-order valence-corrected chi connectivity index (χ2v) is 8.77. The van der Waals surface area contributed by atoms with Gasteiger partial charge in [-0.2, -0.15) is 0 Å². The largest absolute Gasteiger partial charge is 0.456 e. The van der Waals surface area contributed by atoms with Gasteiger partial charge in [0, 0.05) is 32.3 Å². The maximum atomic E-state index is 6.30. The molecule has 0 saturated carbocycles. The van der Waals surface area contributed by atoms with Gasteiger partial charge >= 0.3 is 0 Å². The van der Waals surface area contributed by atoms with Crippen molar-refractivity contribution in [3.63, 3.8) is 0 Å². The Balaban J connectivity index is 1.44. The highest BCUT2D eigenvalue weighted by Gasteiger charge is 2.14. The van der Waals surface area contributed by atoms with E-state index in [9.17, 15) is 0 Å². The van der Waals surface area contributed by atoms with Gasteiger partial charge in [0.05, 0.1) is 11.0 Å². The molecule has 0 bridgehead atoms. The molecule has 0 atom stereocenters. The predicted octanol–water partition coefficient (Wildman–Crippen LogP) is 9.00. The lowest BCUT2D eigenvalue weighted by molar-refractivity contribution is 0.669. The van der Waals surface area contributed by atoms with Crippen LogP contribution < -0.4 is 0 Å². The molecule has 2 nitrogen and oxygen atoms in total. The quantitative estimate of drug-likeness (QED) is 0.260. The first-order valence-electron chi connectivity index (χ1n) is 11.0. The van der Waals surface area contributed by atoms with Gasteiger partial charge in [-0.3, -0.25) is 0 Å². The molecule has 7 rings (SSSR count). The van der Waals surface area contributed by atoms with Crippen molar-refractivity contribution in [2.24, 2.45) is 0 Å². The van der Waals surface area contributed by atoms with Crippen LogP contribution in [0.1, 0.15) is 0 Å². The summed E-state index contributed by atoms with van der Waals surface area (Å²) in [6.45, 7) is 0. The van der Waals surface area contributed by atoms with Crippen molar-refractivity contribution >= 4 is 55.3 Å². The van der Waals surface area contributed by atoms with Gasteiger partial charge in [0.25, 0.3) is 0 Å². The van der Waals surface area contributed by atoms with Gasteiger partial charge in [0.1, 0.15) is 11.2 Å². The standard InChI is InChI=1S/C30H18ClNO/c31-20-14-17-28-25(18-20)30-22(8-5-11-29(30)33-28)19-12-15-21(16-13-19)32-26-9-3-1-6-23(26)24-7-2-4-10-27(24)32/h1-18H. The Hall–Kier alpha value is -4.01. The van der Waals surface area contributed by atoms with Crippen molar-refractivity contribution in [1.29, 1.82) is 0 Å². The molecule has 2 heterocycles. The van der Waals surface area contributed by atoms with Gasteiger partial charge in [-0.25, -0.2) is 0 Å². The van der Waals surface area contributed by atoms with Crippen LogP contribution >= 0.6 is 11.6 Å². The van der Waals surface area contributed by atoms with E-state index in [4.69, 9.17) is 16.0 Å². The third-order valence-electron chi connectivity index (χ3n) is 6.47. The Morgan fingerprint density at radius 1 is 0.576 bits per heavy atom. The number of hydrogen-bond acceptors (Lipinski definition) is 1. The second-order valence-electron chi connectivity index (χ2n) is 8.34. The maximum absolute atomic E-state index is 6.30. The van der Waals surface area contributed by atoms with Crippen LogP contribution in [0, 0.1) is 0 Å². The van der Waals surface area contributed by atoms with E-state index in [-0.39, 0.29) is 0 Å². The average molecular weight is 444 g/mol. The summed E-state index contributed by atoms with van der Waals surface area (Å²) in [6.07, 6.45) is 0. The number of furan rings is 1. The first-order chi connectivity index (χ1) is 16.3. The van der Waals surface area contributed by atoms with Crippen molar-refractivity contribution in [3.05, 3.63) is 114 Å². The minimum atomic E-state index is 0.710. The molecule has 0 aliphatic carbocycles. The van der Waals surface area contributed by atoms with E-state index in [1.54, 1.807) is 0 Å². The van der Waals surface area contributed by atoms with Crippen LogP contribution in [0.4, 0.5) is 0 Å². The number of nitrogens with zero attached hydrogens (tertiary/aromatic N) is 1. The van der Waals surface area contributed by atoms with Crippen molar-refractivity contribution < 1.29 is 4.42 Å². The zero-order valence-electron chi connectivity index (χ0n) is 17.6. The minimum Gasteiger partial charge on any atom is -0.456 e. The smallest absolute Gasteiger partial charge is 0.136 e. The highest BCUT2D eigenvalue weighted by atomic mass is 35.5. The van der Waals surface area contributed by atoms with Crippen molar-refractivity contribution in [2.45, 2.75) is 0 Å². The number of hydrogen-bond donors (Lipinski definition) is 0. The topological polar surface area (TPSA) is 18.1 Å². The molecule has 0 radical (unpaired) electrons. The summed E-state index contributed by atoms with van der Waals surface area (Å²) in [7, 11) is 0. The van der Waals surface area contributed by atoms with Gasteiger partial charge in [-0.05, 0) is 59.7 Å². The molecule has 0 aliphatic rings. The zero-order chi connectivity index (χ0) is 21.9. The van der Waals surface area contributed by atoms with Crippen molar-refractivity contribution in [3.8, 4) is 16.8 Å². The van der Waals surface area contributed by atoms with Crippen molar-refractivity contribution in [1.82, 2.24) is 4.57 Å². The molecular formula is C30H18ClNO. The highest BCUT2D eigenvalue weighted by molar-refractivity contribution is 6.32. The third kappa shape index (κ3) is 2.75. The van der Waals surface area contributed by atoms with Gasteiger partial charge in [-0.1, -0.05) is 72.3 Å². The van der Waals surface area contributed by atoms with Crippen LogP contribution in [-0.4, -0.2) is 4.57 Å². The molecule has 0 saturated heterocycles. The summed E-state index contributed by atoms with van der Waals surface area (Å²) in [5, 5.41) is 5.38. The lowest BCUT2D eigenvalue weighted by Gasteiger charge is -2.10. The fourth-order valence-electron chi connectivity index (χ4n) is 5.03. The van der Waals surface area contributed by atoms with E-state index in [0.717, 1.165) is 38.8 Å². The Morgan fingerprint density at radius 2 is 1.27 bits per heavy atom. The first kappa shape index (κ1) is 18.6. The van der Waals surface area contributed by atoms with Crippen LogP contribution in [0.25, 0.3) is 60.6 Å². The fraction of sp³-hybridized carbons (Fsp3) is 0. The molecule has 3 heteroatoms. The molecule has 0 amide bonds. The predicted molar refractivity (Wildman–Crippen MR) is 139 cm³/mol. The molecule has 7 aromatic rings. The molecule has 5 aromatic carbocycles. The van der Waals surface area contributed by atoms with E-state index in [2.05, 4.69) is 83.4 Å². The fourth-order valence-corrected chi connectivity index (χ4v) is 5.20. The van der Waals surface area contributed by atoms with E-state index in [1.807, 2.05) is 30.3 Å². The molecule has 2 aromatic heterocycles. The Bertz CT molecular complexity index is 1770. The summed E-state index contributed by atoms with van der Waals surface area (Å²) >= 11 is 6.30. The Labute approximate surface area is 195 Å². The molecule has 0 spiro atoms. The van der Waals surface area contributed by atoms with E-state index in [1.165, 1.54) is 21.8 Å². The van der Waals surface area contributed by atoms with Crippen LogP contribution in [0.2, 0.25) is 5.02 Å². The summed E-state index contributed by atoms with van der Waals surface area (Å²) in [5.74, 6) is 0. The van der Waals surface area contributed by atoms with E-state index >= 15 is 0 Å². The average Bonchev–Trinajstić information content (AvgIpc) is 3.40. The minimum absolute atomic E-state index is 0.710. The second kappa shape index (κ2) is 6.99. The SMILES string of the molecule is Clc1ccc2oc3cccc(-c4ccc(-n5c6ccccc6c6ccccc65)cc4)c3c2c1. The van der Waals surface area contributed by atoms with Crippen molar-refractivity contribution in [2.75, 3.05) is 0 Å². The Morgan fingerprint density at radius 3 is 2.00 bits per heavy atom. The van der Waals surface area contributed by atoms with Gasteiger partial charge in [0.2, 0.25) is 0 Å². The lowest BCUT2D eigenvalue weighted by atomic mass is 9.99. The number of rotatable bonds is 2. The number of aromatic nitrogens is 1. The number of benzene rings is 5. The molecule has 0 aliphatic heterocycles. The third-order valence-corrected chi connectivity index (χ3v) is 6.71. The molecular weight excluding hydrogens is 426 g/mol. The lowest BCUT2D eigenvalue weighted by Crippen LogP contribution is -1.93. The van der Waals surface area contributed by atoms with E-state index < -0.39 is 0 Å². The monoisotopic (exact) mass is 443 g/mol. The van der Waals surface area contributed by atoms with Gasteiger partial charge in [0.15, 0.2) is 0 Å². The molecule has 0 fully saturated rings. The summed E-state index contributed by atoms with van der Waals surface area (Å²) in [6, 6.07) is 37.9. The normalized spacial score (nSPS) is 11.8. The van der Waals surface area contributed by atoms with Gasteiger partial charge in [-0.15, -0.1) is 0 Å². The van der Waals surface area contributed by atoms with Crippen LogP contribution in [0.3, 0.4) is 0 Å². The summed E-state index contributed by atoms with van der Waals surface area (Å²) in [5.41, 5.74) is 7.58. The first-order valence-corrected chi connectivity index (χ1v) is 11.4. The number of fused-ring (bicyclic) bond motifs is 6. The van der Waals surface area contributed by atoms with E-state index in [0.29, 0.717) is 5.02 Å². The molecule has 0 unspecified atom stereocenters. The van der Waals surface area contributed by atoms with Crippen LogP contribution in [0.5, 0.6) is 0 Å².